The van der Waals surface area contributed by atoms with Gasteiger partial charge in [-0.15, -0.1) is 0 Å². The largest absolute Gasteiger partial charge is 0.358 e. The molecule has 0 unspecified atom stereocenters. The monoisotopic (exact) mass is 364 g/mol. The number of carbonyl (C=O) groups excluding carboxylic acids is 1. The lowest BCUT2D eigenvalue weighted by molar-refractivity contribution is -0.123. The molecule has 1 amide bonds. The van der Waals surface area contributed by atoms with Crippen LogP contribution < -0.4 is 5.32 Å². The number of rotatable bonds is 3. The number of hydrogen-bond donors (Lipinski definition) is 1. The van der Waals surface area contributed by atoms with Gasteiger partial charge in [0.1, 0.15) is 16.8 Å². The Morgan fingerprint density at radius 2 is 2.20 bits per heavy atom. The second-order valence-corrected chi connectivity index (χ2v) is 7.24. The summed E-state index contributed by atoms with van der Waals surface area (Å²) in [6.07, 6.45) is 1.02. The molecule has 1 aromatic carbocycles. The molecule has 1 N–H and O–H groups in total. The van der Waals surface area contributed by atoms with Gasteiger partial charge in [0.25, 0.3) is 0 Å². The topological polar surface area (TPSA) is 66.5 Å². The molecule has 1 aliphatic heterocycles. The summed E-state index contributed by atoms with van der Waals surface area (Å²) in [5, 5.41) is 2.44. The standard InChI is InChI=1S/C12H14BrFN2O3S/c1-15-12(17)10-3-2-6-16(10)20(18,19)11-7-8(13)4-5-9(11)14/h4-5,7,10H,2-3,6H2,1H3,(H,15,17)/t10-/m0/s1. The van der Waals surface area contributed by atoms with E-state index in [-0.39, 0.29) is 12.5 Å². The Bertz CT molecular complexity index is 636. The predicted octanol–water partition coefficient (Wildman–Crippen LogP) is 1.49. The van der Waals surface area contributed by atoms with Crippen LogP contribution in [0.3, 0.4) is 0 Å². The van der Waals surface area contributed by atoms with Gasteiger partial charge in [-0.3, -0.25) is 4.79 Å². The zero-order valence-electron chi connectivity index (χ0n) is 10.8. The Morgan fingerprint density at radius 3 is 2.85 bits per heavy atom. The van der Waals surface area contributed by atoms with Crippen molar-refractivity contribution in [2.45, 2.75) is 23.8 Å². The SMILES string of the molecule is CNC(=O)[C@@H]1CCCN1S(=O)(=O)c1cc(Br)ccc1F. The number of halogens is 2. The Balaban J connectivity index is 2.44. The van der Waals surface area contributed by atoms with Crippen LogP contribution in [-0.2, 0) is 14.8 Å². The Kier molecular flexibility index (Phi) is 4.46. The van der Waals surface area contributed by atoms with Crippen molar-refractivity contribution in [3.8, 4) is 0 Å². The van der Waals surface area contributed by atoms with Crippen LogP contribution in [0.15, 0.2) is 27.6 Å². The molecule has 0 spiro atoms. The first-order valence-electron chi connectivity index (χ1n) is 6.06. The van der Waals surface area contributed by atoms with Gasteiger partial charge in [-0.2, -0.15) is 4.31 Å². The molecule has 1 atom stereocenters. The second-order valence-electron chi connectivity index (χ2n) is 4.46. The summed E-state index contributed by atoms with van der Waals surface area (Å²) >= 11 is 3.13. The van der Waals surface area contributed by atoms with Gasteiger partial charge in [-0.05, 0) is 31.0 Å². The highest BCUT2D eigenvalue weighted by Gasteiger charge is 2.40. The molecular formula is C12H14BrFN2O3S. The van der Waals surface area contributed by atoms with E-state index >= 15 is 0 Å². The van der Waals surface area contributed by atoms with Crippen LogP contribution in [0.4, 0.5) is 4.39 Å². The van der Waals surface area contributed by atoms with Gasteiger partial charge in [0.05, 0.1) is 0 Å². The van der Waals surface area contributed by atoms with E-state index in [9.17, 15) is 17.6 Å². The van der Waals surface area contributed by atoms with Crippen molar-refractivity contribution in [3.63, 3.8) is 0 Å². The predicted molar refractivity (Wildman–Crippen MR) is 75.1 cm³/mol. The fourth-order valence-electron chi connectivity index (χ4n) is 2.26. The molecule has 2 rings (SSSR count). The van der Waals surface area contributed by atoms with E-state index in [1.165, 1.54) is 19.2 Å². The molecule has 0 saturated carbocycles. The Hall–Kier alpha value is -0.990. The highest BCUT2D eigenvalue weighted by molar-refractivity contribution is 9.10. The summed E-state index contributed by atoms with van der Waals surface area (Å²) in [6, 6.07) is 2.95. The minimum absolute atomic E-state index is 0.215. The Morgan fingerprint density at radius 1 is 1.50 bits per heavy atom. The summed E-state index contributed by atoms with van der Waals surface area (Å²) in [5.41, 5.74) is 0. The van der Waals surface area contributed by atoms with E-state index in [2.05, 4.69) is 21.2 Å². The Labute approximate surface area is 125 Å². The van der Waals surface area contributed by atoms with Crippen molar-refractivity contribution in [1.82, 2.24) is 9.62 Å². The lowest BCUT2D eigenvalue weighted by Gasteiger charge is -2.23. The number of nitrogens with zero attached hydrogens (tertiary/aromatic N) is 1. The highest BCUT2D eigenvalue weighted by Crippen LogP contribution is 2.29. The molecular weight excluding hydrogens is 351 g/mol. The molecule has 1 saturated heterocycles. The van der Waals surface area contributed by atoms with E-state index in [0.29, 0.717) is 17.3 Å². The van der Waals surface area contributed by atoms with Gasteiger partial charge in [-0.25, -0.2) is 12.8 Å². The molecule has 110 valence electrons. The number of sulfonamides is 1. The fourth-order valence-corrected chi connectivity index (χ4v) is 4.52. The molecule has 1 aliphatic rings. The molecule has 0 radical (unpaired) electrons. The van der Waals surface area contributed by atoms with Crippen molar-refractivity contribution in [2.75, 3.05) is 13.6 Å². The van der Waals surface area contributed by atoms with Gasteiger partial charge in [0, 0.05) is 18.1 Å². The van der Waals surface area contributed by atoms with Crippen LogP contribution in [0, 0.1) is 5.82 Å². The average molecular weight is 365 g/mol. The molecule has 0 aromatic heterocycles. The van der Waals surface area contributed by atoms with E-state index in [1.807, 2.05) is 0 Å². The van der Waals surface area contributed by atoms with Crippen molar-refractivity contribution >= 4 is 31.9 Å². The van der Waals surface area contributed by atoms with Gasteiger partial charge >= 0.3 is 0 Å². The third kappa shape index (κ3) is 2.72. The average Bonchev–Trinajstić information content (AvgIpc) is 2.90. The molecule has 8 heteroatoms. The molecule has 5 nitrogen and oxygen atoms in total. The van der Waals surface area contributed by atoms with Crippen molar-refractivity contribution in [1.29, 1.82) is 0 Å². The normalized spacial score (nSPS) is 20.1. The number of hydrogen-bond acceptors (Lipinski definition) is 3. The first-order valence-corrected chi connectivity index (χ1v) is 8.29. The third-order valence-corrected chi connectivity index (χ3v) is 5.65. The summed E-state index contributed by atoms with van der Waals surface area (Å²) in [5.74, 6) is -1.20. The maximum absolute atomic E-state index is 13.8. The number of amides is 1. The molecule has 0 aliphatic carbocycles. The third-order valence-electron chi connectivity index (χ3n) is 3.23. The van der Waals surface area contributed by atoms with Crippen LogP contribution in [0.5, 0.6) is 0 Å². The maximum atomic E-state index is 13.8. The molecule has 0 bridgehead atoms. The summed E-state index contributed by atoms with van der Waals surface area (Å²) in [4.78, 5) is 11.3. The lowest BCUT2D eigenvalue weighted by Crippen LogP contribution is -2.45. The van der Waals surface area contributed by atoms with Crippen LogP contribution in [0.25, 0.3) is 0 Å². The quantitative estimate of drug-likeness (QED) is 0.883. The fraction of sp³-hybridized carbons (Fsp3) is 0.417. The minimum atomic E-state index is -4.03. The van der Waals surface area contributed by atoms with E-state index in [1.54, 1.807) is 0 Å². The molecule has 1 fully saturated rings. The second kappa shape index (κ2) is 5.79. The van der Waals surface area contributed by atoms with Crippen LogP contribution >= 0.6 is 15.9 Å². The number of carbonyl (C=O) groups is 1. The van der Waals surface area contributed by atoms with Crippen LogP contribution in [0.1, 0.15) is 12.8 Å². The number of benzene rings is 1. The first kappa shape index (κ1) is 15.4. The lowest BCUT2D eigenvalue weighted by atomic mass is 10.2. The zero-order valence-corrected chi connectivity index (χ0v) is 13.2. The van der Waals surface area contributed by atoms with Crippen LogP contribution in [-0.4, -0.2) is 38.3 Å². The maximum Gasteiger partial charge on any atom is 0.246 e. The smallest absolute Gasteiger partial charge is 0.246 e. The van der Waals surface area contributed by atoms with Gasteiger partial charge in [-0.1, -0.05) is 15.9 Å². The summed E-state index contributed by atoms with van der Waals surface area (Å²) in [6.45, 7) is 0.215. The van der Waals surface area contributed by atoms with E-state index < -0.39 is 26.8 Å². The van der Waals surface area contributed by atoms with Crippen molar-refractivity contribution in [2.24, 2.45) is 0 Å². The summed E-state index contributed by atoms with van der Waals surface area (Å²) in [7, 11) is -2.58. The molecule has 1 heterocycles. The van der Waals surface area contributed by atoms with Gasteiger partial charge < -0.3 is 5.32 Å². The van der Waals surface area contributed by atoms with Crippen molar-refractivity contribution < 1.29 is 17.6 Å². The molecule has 1 aromatic rings. The number of nitrogens with one attached hydrogen (secondary N) is 1. The highest BCUT2D eigenvalue weighted by atomic mass is 79.9. The summed E-state index contributed by atoms with van der Waals surface area (Å²) < 4.78 is 40.4. The van der Waals surface area contributed by atoms with E-state index in [4.69, 9.17) is 0 Å². The van der Waals surface area contributed by atoms with E-state index in [0.717, 1.165) is 10.4 Å². The van der Waals surface area contributed by atoms with Gasteiger partial charge in [0.15, 0.2) is 0 Å². The van der Waals surface area contributed by atoms with Crippen molar-refractivity contribution in [3.05, 3.63) is 28.5 Å². The number of likely N-dealkylation sites (N-methyl/N-ethyl adjacent to an activating group) is 1. The van der Waals surface area contributed by atoms with Crippen LogP contribution in [0.2, 0.25) is 0 Å². The zero-order chi connectivity index (χ0) is 14.9. The molecule has 20 heavy (non-hydrogen) atoms. The van der Waals surface area contributed by atoms with Gasteiger partial charge in [0.2, 0.25) is 15.9 Å². The minimum Gasteiger partial charge on any atom is -0.358 e. The first-order chi connectivity index (χ1) is 9.37.